The van der Waals surface area contributed by atoms with Crippen molar-refractivity contribution in [2.75, 3.05) is 5.32 Å². The highest BCUT2D eigenvalue weighted by atomic mass is 35.5. The molecule has 3 aromatic carbocycles. The van der Waals surface area contributed by atoms with Gasteiger partial charge in [0.05, 0.1) is 10.6 Å². The van der Waals surface area contributed by atoms with E-state index in [1.54, 1.807) is 30.3 Å². The topological polar surface area (TPSA) is 58.2 Å². The van der Waals surface area contributed by atoms with Gasteiger partial charge in [-0.25, -0.2) is 0 Å². The van der Waals surface area contributed by atoms with Crippen LogP contribution in [0.5, 0.6) is 0 Å². The molecule has 150 valence electrons. The predicted octanol–water partition coefficient (Wildman–Crippen LogP) is 4.95. The average Bonchev–Trinajstić information content (AvgIpc) is 2.74. The van der Waals surface area contributed by atoms with E-state index in [-0.39, 0.29) is 16.5 Å². The van der Waals surface area contributed by atoms with Crippen molar-refractivity contribution in [2.45, 2.75) is 12.5 Å². The molecule has 0 radical (unpaired) electrons. The molecule has 0 saturated carbocycles. The Morgan fingerprint density at radius 3 is 2.43 bits per heavy atom. The zero-order chi connectivity index (χ0) is 21.5. The Morgan fingerprint density at radius 1 is 0.967 bits per heavy atom. The fraction of sp³-hybridized carbons (Fsp3) is 0.0833. The standard InChI is InChI=1S/C24H18Cl2N2O2/c1-2-16-9-6-10-19(13-16)27-24(30)22(14-17-7-4-3-5-8-17)28-23(29)20-12-11-18(25)15-21(20)26/h1,3-13,15,22H,14H2,(H,27,30)(H,28,29). The molecule has 1 atom stereocenters. The first kappa shape index (κ1) is 21.4. The molecule has 6 heteroatoms. The molecule has 2 amide bonds. The van der Waals surface area contributed by atoms with E-state index in [9.17, 15) is 9.59 Å². The maximum absolute atomic E-state index is 13.0. The first-order valence-corrected chi connectivity index (χ1v) is 9.89. The molecule has 0 fully saturated rings. The molecule has 0 aliphatic rings. The first-order valence-electron chi connectivity index (χ1n) is 9.13. The Labute approximate surface area is 185 Å². The second kappa shape index (κ2) is 9.98. The minimum Gasteiger partial charge on any atom is -0.340 e. The fourth-order valence-corrected chi connectivity index (χ4v) is 3.38. The minimum atomic E-state index is -0.832. The highest BCUT2D eigenvalue weighted by molar-refractivity contribution is 6.36. The number of rotatable bonds is 6. The third-order valence-corrected chi connectivity index (χ3v) is 4.92. The van der Waals surface area contributed by atoms with Gasteiger partial charge in [0.2, 0.25) is 5.91 Å². The van der Waals surface area contributed by atoms with Crippen LogP contribution >= 0.6 is 23.2 Å². The molecule has 0 spiro atoms. The molecule has 0 aliphatic heterocycles. The van der Waals surface area contributed by atoms with Crippen molar-refractivity contribution in [3.63, 3.8) is 0 Å². The Balaban J connectivity index is 1.83. The van der Waals surface area contributed by atoms with Crippen molar-refractivity contribution in [2.24, 2.45) is 0 Å². The molecule has 4 nitrogen and oxygen atoms in total. The van der Waals surface area contributed by atoms with E-state index in [0.717, 1.165) is 5.56 Å². The molecule has 1 unspecified atom stereocenters. The molecule has 30 heavy (non-hydrogen) atoms. The zero-order valence-electron chi connectivity index (χ0n) is 15.9. The summed E-state index contributed by atoms with van der Waals surface area (Å²) in [6.45, 7) is 0. The summed E-state index contributed by atoms with van der Waals surface area (Å²) in [6.07, 6.45) is 5.73. The number of carbonyl (C=O) groups is 2. The highest BCUT2D eigenvalue weighted by Gasteiger charge is 2.23. The summed E-state index contributed by atoms with van der Waals surface area (Å²) in [4.78, 5) is 25.8. The quantitative estimate of drug-likeness (QED) is 0.536. The second-order valence-corrected chi connectivity index (χ2v) is 7.40. The van der Waals surface area contributed by atoms with Gasteiger partial charge in [-0.2, -0.15) is 0 Å². The summed E-state index contributed by atoms with van der Waals surface area (Å²) >= 11 is 12.1. The van der Waals surface area contributed by atoms with Gasteiger partial charge >= 0.3 is 0 Å². The van der Waals surface area contributed by atoms with Crippen molar-refractivity contribution in [1.82, 2.24) is 5.32 Å². The van der Waals surface area contributed by atoms with Gasteiger partial charge in [0.1, 0.15) is 6.04 Å². The van der Waals surface area contributed by atoms with Gasteiger partial charge in [-0.15, -0.1) is 6.42 Å². The molecule has 0 bridgehead atoms. The van der Waals surface area contributed by atoms with E-state index >= 15 is 0 Å². The number of nitrogens with one attached hydrogen (secondary N) is 2. The molecule has 0 saturated heterocycles. The normalized spacial score (nSPS) is 11.2. The maximum atomic E-state index is 13.0. The van der Waals surface area contributed by atoms with Gasteiger partial charge in [-0.3, -0.25) is 9.59 Å². The van der Waals surface area contributed by atoms with Gasteiger partial charge in [0, 0.05) is 22.7 Å². The summed E-state index contributed by atoms with van der Waals surface area (Å²) < 4.78 is 0. The zero-order valence-corrected chi connectivity index (χ0v) is 17.4. The number of anilines is 1. The molecule has 3 rings (SSSR count). The fourth-order valence-electron chi connectivity index (χ4n) is 2.88. The van der Waals surface area contributed by atoms with Crippen LogP contribution in [0, 0.1) is 12.3 Å². The summed E-state index contributed by atoms with van der Waals surface area (Å²) in [7, 11) is 0. The van der Waals surface area contributed by atoms with Crippen molar-refractivity contribution in [3.05, 3.63) is 99.5 Å². The smallest absolute Gasteiger partial charge is 0.253 e. The third-order valence-electron chi connectivity index (χ3n) is 4.38. The molecular weight excluding hydrogens is 419 g/mol. The lowest BCUT2D eigenvalue weighted by molar-refractivity contribution is -0.118. The molecule has 0 aliphatic carbocycles. The highest BCUT2D eigenvalue weighted by Crippen LogP contribution is 2.21. The number of carbonyl (C=O) groups excluding carboxylic acids is 2. The van der Waals surface area contributed by atoms with Crippen LogP contribution in [0.25, 0.3) is 0 Å². The average molecular weight is 437 g/mol. The largest absolute Gasteiger partial charge is 0.340 e. The van der Waals surface area contributed by atoms with Crippen molar-refractivity contribution in [1.29, 1.82) is 0 Å². The van der Waals surface area contributed by atoms with E-state index in [1.165, 1.54) is 12.1 Å². The van der Waals surface area contributed by atoms with Crippen LogP contribution in [0.3, 0.4) is 0 Å². The summed E-state index contributed by atoms with van der Waals surface area (Å²) in [5, 5.41) is 6.21. The Hall–Kier alpha value is -3.26. The maximum Gasteiger partial charge on any atom is 0.253 e. The summed E-state index contributed by atoms with van der Waals surface area (Å²) in [5.74, 6) is 1.69. The first-order chi connectivity index (χ1) is 14.5. The van der Waals surface area contributed by atoms with Gasteiger partial charge in [0.25, 0.3) is 5.91 Å². The van der Waals surface area contributed by atoms with E-state index < -0.39 is 11.9 Å². The van der Waals surface area contributed by atoms with Gasteiger partial charge < -0.3 is 10.6 Å². The van der Waals surface area contributed by atoms with E-state index in [4.69, 9.17) is 29.6 Å². The predicted molar refractivity (Wildman–Crippen MR) is 121 cm³/mol. The van der Waals surface area contributed by atoms with E-state index in [2.05, 4.69) is 16.6 Å². The summed E-state index contributed by atoms with van der Waals surface area (Å²) in [5.41, 5.74) is 2.33. The number of amides is 2. The monoisotopic (exact) mass is 436 g/mol. The van der Waals surface area contributed by atoms with Gasteiger partial charge in [-0.05, 0) is 42.0 Å². The van der Waals surface area contributed by atoms with Crippen LogP contribution in [0.1, 0.15) is 21.5 Å². The van der Waals surface area contributed by atoms with Crippen molar-refractivity contribution < 1.29 is 9.59 Å². The van der Waals surface area contributed by atoms with Crippen LogP contribution in [0.2, 0.25) is 10.0 Å². The Bertz CT molecular complexity index is 1110. The number of hydrogen-bond acceptors (Lipinski definition) is 2. The minimum absolute atomic E-state index is 0.209. The van der Waals surface area contributed by atoms with Gasteiger partial charge in [0.15, 0.2) is 0 Å². The molecule has 0 aromatic heterocycles. The van der Waals surface area contributed by atoms with E-state index in [0.29, 0.717) is 22.7 Å². The van der Waals surface area contributed by atoms with E-state index in [1.807, 2.05) is 30.3 Å². The number of terminal acetylenes is 1. The molecule has 0 heterocycles. The summed E-state index contributed by atoms with van der Waals surface area (Å²) in [6, 6.07) is 20.1. The molecule has 2 N–H and O–H groups in total. The molecular formula is C24H18Cl2N2O2. The molecule has 3 aromatic rings. The lowest BCUT2D eigenvalue weighted by Crippen LogP contribution is -2.45. The third kappa shape index (κ3) is 5.64. The Morgan fingerprint density at radius 2 is 1.73 bits per heavy atom. The van der Waals surface area contributed by atoms with Crippen LogP contribution in [0.15, 0.2) is 72.8 Å². The number of hydrogen-bond donors (Lipinski definition) is 2. The van der Waals surface area contributed by atoms with Gasteiger partial charge in [-0.1, -0.05) is 65.5 Å². The van der Waals surface area contributed by atoms with Crippen LogP contribution in [-0.2, 0) is 11.2 Å². The number of benzene rings is 3. The lowest BCUT2D eigenvalue weighted by Gasteiger charge is -2.19. The van der Waals surface area contributed by atoms with Crippen molar-refractivity contribution >= 4 is 40.7 Å². The van der Waals surface area contributed by atoms with Crippen LogP contribution in [0.4, 0.5) is 5.69 Å². The van der Waals surface area contributed by atoms with Crippen LogP contribution in [-0.4, -0.2) is 17.9 Å². The Kier molecular flexibility index (Phi) is 7.13. The van der Waals surface area contributed by atoms with Crippen LogP contribution < -0.4 is 10.6 Å². The van der Waals surface area contributed by atoms with Crippen molar-refractivity contribution in [3.8, 4) is 12.3 Å². The number of halogens is 2. The SMILES string of the molecule is C#Cc1cccc(NC(=O)C(Cc2ccccc2)NC(=O)c2ccc(Cl)cc2Cl)c1. The lowest BCUT2D eigenvalue weighted by atomic mass is 10.0. The second-order valence-electron chi connectivity index (χ2n) is 6.55.